The third-order valence-corrected chi connectivity index (χ3v) is 4.90. The molecule has 2 aromatic rings. The standard InChI is InChI=1S/C22H28N4O2/c1-28-20-10-6-5-9-18(20)12-14-23-21(27)19-15-25-22(26-16-19)24-13-11-17-7-3-2-4-8-17/h5-7,9-10,15-16H,2-4,8,11-14H2,1H3,(H,23,27)(H,24,25,26). The molecule has 1 aromatic carbocycles. The number of aromatic nitrogens is 2. The molecule has 0 fully saturated rings. The van der Waals surface area contributed by atoms with Gasteiger partial charge in [0.05, 0.1) is 12.7 Å². The molecule has 0 unspecified atom stereocenters. The van der Waals surface area contributed by atoms with Crippen molar-refractivity contribution in [3.05, 3.63) is 59.4 Å². The number of methoxy groups -OCH3 is 1. The largest absolute Gasteiger partial charge is 0.496 e. The molecule has 0 saturated carbocycles. The molecule has 1 aromatic heterocycles. The van der Waals surface area contributed by atoms with Crippen LogP contribution < -0.4 is 15.4 Å². The van der Waals surface area contributed by atoms with Gasteiger partial charge in [0.1, 0.15) is 5.75 Å². The normalized spacial score (nSPS) is 13.5. The predicted octanol–water partition coefficient (Wildman–Crippen LogP) is 3.76. The zero-order valence-corrected chi connectivity index (χ0v) is 16.4. The summed E-state index contributed by atoms with van der Waals surface area (Å²) in [6.45, 7) is 1.34. The van der Waals surface area contributed by atoms with Crippen LogP contribution in [0.2, 0.25) is 0 Å². The molecular weight excluding hydrogens is 352 g/mol. The van der Waals surface area contributed by atoms with E-state index in [0.29, 0.717) is 24.5 Å². The number of rotatable bonds is 9. The number of ether oxygens (including phenoxy) is 1. The lowest BCUT2D eigenvalue weighted by molar-refractivity contribution is 0.0953. The van der Waals surface area contributed by atoms with Crippen molar-refractivity contribution < 1.29 is 9.53 Å². The first-order valence-corrected chi connectivity index (χ1v) is 9.90. The fourth-order valence-electron chi connectivity index (χ4n) is 3.33. The summed E-state index contributed by atoms with van der Waals surface area (Å²) in [7, 11) is 1.65. The van der Waals surface area contributed by atoms with Crippen molar-refractivity contribution in [3.63, 3.8) is 0 Å². The topological polar surface area (TPSA) is 76.1 Å². The van der Waals surface area contributed by atoms with Crippen LogP contribution in [-0.2, 0) is 6.42 Å². The van der Waals surface area contributed by atoms with Crippen molar-refractivity contribution >= 4 is 11.9 Å². The molecule has 0 radical (unpaired) electrons. The van der Waals surface area contributed by atoms with Crippen LogP contribution in [0.15, 0.2) is 48.3 Å². The van der Waals surface area contributed by atoms with Gasteiger partial charge < -0.3 is 15.4 Å². The highest BCUT2D eigenvalue weighted by Gasteiger charge is 2.08. The lowest BCUT2D eigenvalue weighted by Gasteiger charge is -2.13. The third-order valence-electron chi connectivity index (χ3n) is 4.90. The molecule has 1 amide bonds. The lowest BCUT2D eigenvalue weighted by Crippen LogP contribution is -2.26. The van der Waals surface area contributed by atoms with E-state index < -0.39 is 0 Å². The van der Waals surface area contributed by atoms with Crippen LogP contribution in [0.1, 0.15) is 48.0 Å². The summed E-state index contributed by atoms with van der Waals surface area (Å²) in [5, 5.41) is 6.13. The molecule has 3 rings (SSSR count). The summed E-state index contributed by atoms with van der Waals surface area (Å²) in [6, 6.07) is 7.81. The Labute approximate surface area is 166 Å². The SMILES string of the molecule is COc1ccccc1CCNC(=O)c1cnc(NCCC2=CCCCC2)nc1. The first kappa shape index (κ1) is 19.9. The maximum absolute atomic E-state index is 12.3. The summed E-state index contributed by atoms with van der Waals surface area (Å²) in [4.78, 5) is 20.8. The summed E-state index contributed by atoms with van der Waals surface area (Å²) in [5.74, 6) is 1.22. The number of carbonyl (C=O) groups is 1. The number of anilines is 1. The van der Waals surface area contributed by atoms with Crippen LogP contribution in [-0.4, -0.2) is 36.1 Å². The lowest BCUT2D eigenvalue weighted by atomic mass is 9.97. The van der Waals surface area contributed by atoms with Gasteiger partial charge in [-0.1, -0.05) is 29.8 Å². The second-order valence-corrected chi connectivity index (χ2v) is 6.90. The Morgan fingerprint density at radius 3 is 2.68 bits per heavy atom. The zero-order valence-electron chi connectivity index (χ0n) is 16.4. The van der Waals surface area contributed by atoms with Gasteiger partial charge in [-0.15, -0.1) is 0 Å². The molecule has 0 atom stereocenters. The van der Waals surface area contributed by atoms with E-state index in [1.54, 1.807) is 19.5 Å². The fraction of sp³-hybridized carbons (Fsp3) is 0.409. The van der Waals surface area contributed by atoms with Crippen molar-refractivity contribution in [2.45, 2.75) is 38.5 Å². The first-order valence-electron chi connectivity index (χ1n) is 9.90. The van der Waals surface area contributed by atoms with E-state index in [2.05, 4.69) is 26.7 Å². The van der Waals surface area contributed by atoms with Crippen LogP contribution in [0.4, 0.5) is 5.95 Å². The van der Waals surface area contributed by atoms with Crippen molar-refractivity contribution in [3.8, 4) is 5.75 Å². The number of para-hydroxylation sites is 1. The van der Waals surface area contributed by atoms with E-state index in [0.717, 1.165) is 24.3 Å². The molecule has 0 saturated heterocycles. The Morgan fingerprint density at radius 1 is 1.11 bits per heavy atom. The van der Waals surface area contributed by atoms with Crippen LogP contribution in [0.3, 0.4) is 0 Å². The van der Waals surface area contributed by atoms with E-state index in [-0.39, 0.29) is 5.91 Å². The number of carbonyl (C=O) groups excluding carboxylic acids is 1. The summed E-state index contributed by atoms with van der Waals surface area (Å²) in [5.41, 5.74) is 3.04. The number of nitrogens with zero attached hydrogens (tertiary/aromatic N) is 2. The molecule has 148 valence electrons. The van der Waals surface area contributed by atoms with E-state index in [9.17, 15) is 4.79 Å². The quantitative estimate of drug-likeness (QED) is 0.648. The maximum atomic E-state index is 12.3. The highest BCUT2D eigenvalue weighted by molar-refractivity contribution is 5.93. The number of amides is 1. The molecule has 1 heterocycles. The Morgan fingerprint density at radius 2 is 1.93 bits per heavy atom. The molecule has 28 heavy (non-hydrogen) atoms. The smallest absolute Gasteiger partial charge is 0.254 e. The highest BCUT2D eigenvalue weighted by atomic mass is 16.5. The van der Waals surface area contributed by atoms with E-state index in [4.69, 9.17) is 4.74 Å². The Bertz CT molecular complexity index is 802. The van der Waals surface area contributed by atoms with Crippen LogP contribution in [0, 0.1) is 0 Å². The second kappa shape index (κ2) is 10.4. The predicted molar refractivity (Wildman–Crippen MR) is 111 cm³/mol. The van der Waals surface area contributed by atoms with Gasteiger partial charge in [0.25, 0.3) is 5.91 Å². The molecule has 0 spiro atoms. The Kier molecular flexibility index (Phi) is 7.41. The molecule has 0 bridgehead atoms. The van der Waals surface area contributed by atoms with Crippen LogP contribution in [0.25, 0.3) is 0 Å². The molecule has 6 heteroatoms. The Balaban J connectivity index is 1.42. The molecule has 2 N–H and O–H groups in total. The van der Waals surface area contributed by atoms with Crippen molar-refractivity contribution in [1.29, 1.82) is 0 Å². The summed E-state index contributed by atoms with van der Waals surface area (Å²) in [6.07, 6.45) is 12.2. The molecule has 0 aliphatic heterocycles. The van der Waals surface area contributed by atoms with Gasteiger partial charge in [0.15, 0.2) is 0 Å². The number of hydrogen-bond acceptors (Lipinski definition) is 5. The average Bonchev–Trinajstić information content (AvgIpc) is 2.75. The summed E-state index contributed by atoms with van der Waals surface area (Å²) < 4.78 is 5.33. The minimum Gasteiger partial charge on any atom is -0.496 e. The average molecular weight is 380 g/mol. The monoisotopic (exact) mass is 380 g/mol. The fourth-order valence-corrected chi connectivity index (χ4v) is 3.33. The van der Waals surface area contributed by atoms with Gasteiger partial charge >= 0.3 is 0 Å². The minimum atomic E-state index is -0.172. The van der Waals surface area contributed by atoms with Gasteiger partial charge in [-0.05, 0) is 50.2 Å². The van der Waals surface area contributed by atoms with Crippen LogP contribution >= 0.6 is 0 Å². The van der Waals surface area contributed by atoms with Gasteiger partial charge in [0, 0.05) is 25.5 Å². The van der Waals surface area contributed by atoms with Crippen molar-refractivity contribution in [2.24, 2.45) is 0 Å². The van der Waals surface area contributed by atoms with E-state index >= 15 is 0 Å². The van der Waals surface area contributed by atoms with Crippen molar-refractivity contribution in [1.82, 2.24) is 15.3 Å². The first-order chi connectivity index (χ1) is 13.8. The number of benzene rings is 1. The third kappa shape index (κ3) is 5.81. The van der Waals surface area contributed by atoms with E-state index in [1.807, 2.05) is 24.3 Å². The number of nitrogens with one attached hydrogen (secondary N) is 2. The van der Waals surface area contributed by atoms with Gasteiger partial charge in [0.2, 0.25) is 5.95 Å². The zero-order chi connectivity index (χ0) is 19.6. The number of allylic oxidation sites excluding steroid dienone is 1. The second-order valence-electron chi connectivity index (χ2n) is 6.90. The minimum absolute atomic E-state index is 0.172. The number of hydrogen-bond donors (Lipinski definition) is 2. The molecular formula is C22H28N4O2. The van der Waals surface area contributed by atoms with Gasteiger partial charge in [-0.2, -0.15) is 0 Å². The van der Waals surface area contributed by atoms with Gasteiger partial charge in [-0.3, -0.25) is 4.79 Å². The van der Waals surface area contributed by atoms with Gasteiger partial charge in [-0.25, -0.2) is 9.97 Å². The maximum Gasteiger partial charge on any atom is 0.254 e. The van der Waals surface area contributed by atoms with Crippen molar-refractivity contribution in [2.75, 3.05) is 25.5 Å². The summed E-state index contributed by atoms with van der Waals surface area (Å²) >= 11 is 0. The molecule has 1 aliphatic carbocycles. The van der Waals surface area contributed by atoms with Crippen LogP contribution in [0.5, 0.6) is 5.75 Å². The van der Waals surface area contributed by atoms with E-state index in [1.165, 1.54) is 31.3 Å². The molecule has 6 nitrogen and oxygen atoms in total. The molecule has 1 aliphatic rings. The Hall–Kier alpha value is -2.89. The highest BCUT2D eigenvalue weighted by Crippen LogP contribution is 2.20.